The molecule has 1 amide bonds. The monoisotopic (exact) mass is 277 g/mol. The Bertz CT molecular complexity index is 538. The lowest BCUT2D eigenvalue weighted by molar-refractivity contribution is -0.140. The van der Waals surface area contributed by atoms with Gasteiger partial charge in [0.25, 0.3) is 5.91 Å². The summed E-state index contributed by atoms with van der Waals surface area (Å²) in [6, 6.07) is 7.16. The summed E-state index contributed by atoms with van der Waals surface area (Å²) in [7, 11) is 1.49. The van der Waals surface area contributed by atoms with Crippen molar-refractivity contribution in [1.82, 2.24) is 0 Å². The Kier molecular flexibility index (Phi) is 3.81. The van der Waals surface area contributed by atoms with E-state index in [0.717, 1.165) is 0 Å². The third-order valence-electron chi connectivity index (χ3n) is 3.81. The second kappa shape index (κ2) is 5.25. The van der Waals surface area contributed by atoms with Gasteiger partial charge in [-0.05, 0) is 31.9 Å². The van der Waals surface area contributed by atoms with Gasteiger partial charge < -0.3 is 14.7 Å². The van der Waals surface area contributed by atoms with Gasteiger partial charge in [-0.1, -0.05) is 18.2 Å². The molecule has 5 heteroatoms. The number of methoxy groups -OCH3 is 1. The minimum Gasteiger partial charge on any atom is -0.481 e. The topological polar surface area (TPSA) is 66.8 Å². The summed E-state index contributed by atoms with van der Waals surface area (Å²) in [5.74, 6) is -1.56. The number of hydrogen-bond acceptors (Lipinski definition) is 3. The number of carboxylic acids is 1. The molecule has 0 spiro atoms. The maximum atomic E-state index is 12.5. The van der Waals surface area contributed by atoms with Crippen LogP contribution in [0.25, 0.3) is 0 Å². The summed E-state index contributed by atoms with van der Waals surface area (Å²) >= 11 is 0. The van der Waals surface area contributed by atoms with Gasteiger partial charge in [0.1, 0.15) is 5.60 Å². The van der Waals surface area contributed by atoms with Gasteiger partial charge >= 0.3 is 5.97 Å². The predicted molar refractivity (Wildman–Crippen MR) is 74.9 cm³/mol. The predicted octanol–water partition coefficient (Wildman–Crippen LogP) is 2.02. The van der Waals surface area contributed by atoms with Gasteiger partial charge in [0.2, 0.25) is 0 Å². The van der Waals surface area contributed by atoms with Gasteiger partial charge in [-0.2, -0.15) is 0 Å². The van der Waals surface area contributed by atoms with E-state index in [4.69, 9.17) is 4.74 Å². The average molecular weight is 277 g/mol. The highest BCUT2D eigenvalue weighted by molar-refractivity contribution is 6.01. The molecule has 1 N–H and O–H groups in total. The number of amides is 1. The van der Waals surface area contributed by atoms with Crippen LogP contribution >= 0.6 is 0 Å². The van der Waals surface area contributed by atoms with E-state index in [9.17, 15) is 14.7 Å². The van der Waals surface area contributed by atoms with E-state index in [1.807, 2.05) is 6.07 Å². The number of rotatable bonds is 3. The largest absolute Gasteiger partial charge is 0.481 e. The van der Waals surface area contributed by atoms with Crippen molar-refractivity contribution in [2.24, 2.45) is 0 Å². The molecule has 1 aliphatic rings. The molecule has 20 heavy (non-hydrogen) atoms. The first kappa shape index (κ1) is 14.5. The third kappa shape index (κ3) is 2.41. The maximum Gasteiger partial charge on any atom is 0.311 e. The van der Waals surface area contributed by atoms with Crippen LogP contribution in [0.15, 0.2) is 24.3 Å². The summed E-state index contributed by atoms with van der Waals surface area (Å²) in [6.45, 7) is 3.81. The van der Waals surface area contributed by atoms with Crippen molar-refractivity contribution in [3.05, 3.63) is 29.8 Å². The lowest BCUT2D eigenvalue weighted by atomic mass is 9.89. The van der Waals surface area contributed by atoms with Crippen LogP contribution in [0.5, 0.6) is 0 Å². The number of aliphatic carboxylic acids is 1. The Morgan fingerprint density at radius 3 is 2.60 bits per heavy atom. The zero-order valence-corrected chi connectivity index (χ0v) is 11.9. The Hall–Kier alpha value is -1.88. The molecule has 0 fully saturated rings. The van der Waals surface area contributed by atoms with E-state index in [1.54, 1.807) is 36.9 Å². The van der Waals surface area contributed by atoms with Crippen molar-refractivity contribution in [2.45, 2.75) is 31.8 Å². The second-order valence-electron chi connectivity index (χ2n) is 5.41. The molecular weight excluding hydrogens is 258 g/mol. The molecule has 108 valence electrons. The molecular formula is C15H19NO4. The van der Waals surface area contributed by atoms with E-state index in [0.29, 0.717) is 24.2 Å². The van der Waals surface area contributed by atoms with Crippen molar-refractivity contribution in [3.63, 3.8) is 0 Å². The van der Waals surface area contributed by atoms with Crippen LogP contribution in [0.4, 0.5) is 5.69 Å². The summed E-state index contributed by atoms with van der Waals surface area (Å²) in [5.41, 5.74) is 0.427. The van der Waals surface area contributed by atoms with Crippen LogP contribution in [0.1, 0.15) is 31.7 Å². The minimum absolute atomic E-state index is 0.156. The molecule has 0 aliphatic carbocycles. The van der Waals surface area contributed by atoms with Gasteiger partial charge in [-0.3, -0.25) is 9.59 Å². The number of carbonyl (C=O) groups is 2. The number of carboxylic acid groups (broad SMARTS) is 1. The highest BCUT2D eigenvalue weighted by Gasteiger charge is 2.38. The summed E-state index contributed by atoms with van der Waals surface area (Å²) < 4.78 is 5.23. The van der Waals surface area contributed by atoms with Crippen molar-refractivity contribution in [1.29, 1.82) is 0 Å². The number of hydrogen-bond donors (Lipinski definition) is 1. The van der Waals surface area contributed by atoms with Gasteiger partial charge in [0, 0.05) is 19.3 Å². The lowest BCUT2D eigenvalue weighted by Gasteiger charge is -2.36. The van der Waals surface area contributed by atoms with Crippen LogP contribution in [0.2, 0.25) is 0 Å². The normalized spacial score (nSPS) is 18.6. The van der Waals surface area contributed by atoms with E-state index in [1.165, 1.54) is 7.11 Å². The molecule has 1 aromatic carbocycles. The molecule has 5 nitrogen and oxygen atoms in total. The number of nitrogens with zero attached hydrogens (tertiary/aromatic N) is 1. The zero-order chi connectivity index (χ0) is 14.9. The molecule has 0 radical (unpaired) electrons. The molecule has 1 aliphatic heterocycles. The number of carbonyl (C=O) groups excluding carboxylic acids is 1. The van der Waals surface area contributed by atoms with Crippen molar-refractivity contribution >= 4 is 17.6 Å². The molecule has 0 saturated carbocycles. The summed E-state index contributed by atoms with van der Waals surface area (Å²) in [6.07, 6.45) is 0.415. The first-order valence-corrected chi connectivity index (χ1v) is 6.57. The molecule has 1 atom stereocenters. The van der Waals surface area contributed by atoms with Gasteiger partial charge in [0.05, 0.1) is 5.92 Å². The average Bonchev–Trinajstić information content (AvgIpc) is 2.45. The highest BCUT2D eigenvalue weighted by atomic mass is 16.5. The molecule has 0 saturated heterocycles. The van der Waals surface area contributed by atoms with E-state index in [2.05, 4.69) is 0 Å². The Morgan fingerprint density at radius 1 is 1.35 bits per heavy atom. The Balaban J connectivity index is 2.42. The molecule has 0 aromatic heterocycles. The number of benzene rings is 1. The fraction of sp³-hybridized carbons (Fsp3) is 0.467. The van der Waals surface area contributed by atoms with E-state index in [-0.39, 0.29) is 5.91 Å². The SMILES string of the molecule is COC(C)(C)C(=O)N1CCC(C(=O)O)c2ccccc21. The first-order chi connectivity index (χ1) is 9.38. The number of fused-ring (bicyclic) bond motifs is 1. The smallest absolute Gasteiger partial charge is 0.311 e. The lowest BCUT2D eigenvalue weighted by Crippen LogP contribution is -2.49. The summed E-state index contributed by atoms with van der Waals surface area (Å²) in [4.78, 5) is 25.5. The van der Waals surface area contributed by atoms with Crippen LogP contribution in [-0.4, -0.2) is 36.2 Å². The fourth-order valence-corrected chi connectivity index (χ4v) is 2.44. The van der Waals surface area contributed by atoms with Crippen LogP contribution in [0.3, 0.4) is 0 Å². The Morgan fingerprint density at radius 2 is 2.00 bits per heavy atom. The quantitative estimate of drug-likeness (QED) is 0.917. The number of para-hydroxylation sites is 1. The maximum absolute atomic E-state index is 12.5. The fourth-order valence-electron chi connectivity index (χ4n) is 2.44. The van der Waals surface area contributed by atoms with Crippen molar-refractivity contribution in [2.75, 3.05) is 18.6 Å². The molecule has 0 bridgehead atoms. The second-order valence-corrected chi connectivity index (χ2v) is 5.41. The molecule has 2 rings (SSSR count). The highest BCUT2D eigenvalue weighted by Crippen LogP contribution is 2.36. The van der Waals surface area contributed by atoms with Crippen molar-refractivity contribution < 1.29 is 19.4 Å². The molecule has 1 aromatic rings. The van der Waals surface area contributed by atoms with Crippen molar-refractivity contribution in [3.8, 4) is 0 Å². The van der Waals surface area contributed by atoms with Crippen LogP contribution in [0, 0.1) is 0 Å². The number of anilines is 1. The van der Waals surface area contributed by atoms with Gasteiger partial charge in [-0.25, -0.2) is 0 Å². The van der Waals surface area contributed by atoms with E-state index < -0.39 is 17.5 Å². The van der Waals surface area contributed by atoms with Gasteiger partial charge in [-0.15, -0.1) is 0 Å². The minimum atomic E-state index is -0.927. The third-order valence-corrected chi connectivity index (χ3v) is 3.81. The first-order valence-electron chi connectivity index (χ1n) is 6.57. The summed E-state index contributed by atoms with van der Waals surface area (Å²) in [5, 5.41) is 9.29. The zero-order valence-electron chi connectivity index (χ0n) is 11.9. The molecule has 1 heterocycles. The van der Waals surface area contributed by atoms with E-state index >= 15 is 0 Å². The van der Waals surface area contributed by atoms with Crippen LogP contribution < -0.4 is 4.90 Å². The van der Waals surface area contributed by atoms with Gasteiger partial charge in [0.15, 0.2) is 0 Å². The standard InChI is InChI=1S/C15H19NO4/c1-15(2,20-3)14(19)16-9-8-11(13(17)18)10-6-4-5-7-12(10)16/h4-7,11H,8-9H2,1-3H3,(H,17,18). The molecule has 1 unspecified atom stereocenters. The van der Waals surface area contributed by atoms with Crippen LogP contribution in [-0.2, 0) is 14.3 Å². The Labute approximate surface area is 118 Å². The number of ether oxygens (including phenoxy) is 1.